The number of rotatable bonds is 10. The van der Waals surface area contributed by atoms with Crippen LogP contribution in [-0.2, 0) is 17.9 Å². The van der Waals surface area contributed by atoms with Crippen LogP contribution in [0.4, 0.5) is 0 Å². The molecule has 3 aromatic rings. The Balaban J connectivity index is 1.79. The van der Waals surface area contributed by atoms with Crippen LogP contribution >= 0.6 is 27.5 Å². The summed E-state index contributed by atoms with van der Waals surface area (Å²) in [5.74, 6) is 0.0710. The summed E-state index contributed by atoms with van der Waals surface area (Å²) in [5, 5.41) is 0.723. The fourth-order valence-electron chi connectivity index (χ4n) is 3.97. The molecule has 3 rings (SSSR count). The van der Waals surface area contributed by atoms with Crippen molar-refractivity contribution in [1.29, 1.82) is 0 Å². The highest BCUT2D eigenvalue weighted by molar-refractivity contribution is 9.10. The Labute approximate surface area is 221 Å². The fraction of sp³-hybridized carbons (Fsp3) is 0.357. The van der Waals surface area contributed by atoms with Crippen molar-refractivity contribution in [1.82, 2.24) is 14.4 Å². The zero-order valence-corrected chi connectivity index (χ0v) is 23.1. The number of carbonyl (C=O) groups is 2. The maximum atomic E-state index is 13.5. The second-order valence-electron chi connectivity index (χ2n) is 9.42. The summed E-state index contributed by atoms with van der Waals surface area (Å²) in [7, 11) is 0. The third-order valence-corrected chi connectivity index (χ3v) is 6.64. The van der Waals surface area contributed by atoms with Crippen LogP contribution in [0.2, 0.25) is 5.02 Å². The van der Waals surface area contributed by atoms with Crippen molar-refractivity contribution in [3.63, 3.8) is 0 Å². The highest BCUT2D eigenvalue weighted by Gasteiger charge is 2.25. The van der Waals surface area contributed by atoms with Gasteiger partial charge < -0.3 is 14.4 Å². The molecule has 0 spiro atoms. The minimum Gasteiger partial charge on any atom is -0.345 e. The standard InChI is InChI=1S/C28H33BrClN3O2/c1-20(2)16-32(18-25-12-8-14-31(25)17-23-9-5-6-13-26(23)30)27(34)19-33(21(3)4)28(35)22-10-7-11-24(29)15-22/h5-15,20-21H,16-19H2,1-4H3. The van der Waals surface area contributed by atoms with Crippen LogP contribution in [0, 0.1) is 5.92 Å². The molecule has 2 amide bonds. The maximum Gasteiger partial charge on any atom is 0.254 e. The van der Waals surface area contributed by atoms with Crippen molar-refractivity contribution in [2.75, 3.05) is 13.1 Å². The number of hydrogen-bond acceptors (Lipinski definition) is 2. The van der Waals surface area contributed by atoms with E-state index >= 15 is 0 Å². The van der Waals surface area contributed by atoms with Gasteiger partial charge in [0.05, 0.1) is 6.54 Å². The van der Waals surface area contributed by atoms with Gasteiger partial charge in [-0.2, -0.15) is 0 Å². The van der Waals surface area contributed by atoms with Gasteiger partial charge in [-0.05, 0) is 61.7 Å². The van der Waals surface area contributed by atoms with Gasteiger partial charge in [0.15, 0.2) is 0 Å². The van der Waals surface area contributed by atoms with E-state index in [4.69, 9.17) is 11.6 Å². The Morgan fingerprint density at radius 3 is 2.40 bits per heavy atom. The highest BCUT2D eigenvalue weighted by atomic mass is 79.9. The molecule has 1 aromatic heterocycles. The number of carbonyl (C=O) groups excluding carboxylic acids is 2. The van der Waals surface area contributed by atoms with Gasteiger partial charge in [0.2, 0.25) is 5.91 Å². The molecule has 186 valence electrons. The van der Waals surface area contributed by atoms with Gasteiger partial charge in [-0.3, -0.25) is 9.59 Å². The normalized spacial score (nSPS) is 11.2. The van der Waals surface area contributed by atoms with Gasteiger partial charge in [0, 0.05) is 46.1 Å². The van der Waals surface area contributed by atoms with Gasteiger partial charge in [0.25, 0.3) is 5.91 Å². The van der Waals surface area contributed by atoms with Crippen molar-refractivity contribution < 1.29 is 9.59 Å². The molecule has 0 aliphatic heterocycles. The minimum absolute atomic E-state index is 0.0287. The molecule has 7 heteroatoms. The first-order chi connectivity index (χ1) is 16.7. The first kappa shape index (κ1) is 27.0. The van der Waals surface area contributed by atoms with E-state index in [1.54, 1.807) is 17.0 Å². The summed E-state index contributed by atoms with van der Waals surface area (Å²) in [5.41, 5.74) is 2.61. The molecule has 35 heavy (non-hydrogen) atoms. The van der Waals surface area contributed by atoms with Crippen LogP contribution in [-0.4, -0.2) is 45.3 Å². The lowest BCUT2D eigenvalue weighted by atomic mass is 10.1. The molecule has 2 aromatic carbocycles. The van der Waals surface area contributed by atoms with Crippen molar-refractivity contribution in [3.05, 3.63) is 93.2 Å². The topological polar surface area (TPSA) is 45.6 Å². The van der Waals surface area contributed by atoms with E-state index in [1.165, 1.54) is 0 Å². The zero-order chi connectivity index (χ0) is 25.5. The van der Waals surface area contributed by atoms with E-state index < -0.39 is 0 Å². The quantitative estimate of drug-likeness (QED) is 0.286. The zero-order valence-electron chi connectivity index (χ0n) is 20.7. The van der Waals surface area contributed by atoms with Gasteiger partial charge in [-0.15, -0.1) is 0 Å². The smallest absolute Gasteiger partial charge is 0.254 e. The van der Waals surface area contributed by atoms with E-state index in [0.717, 1.165) is 20.8 Å². The molecule has 0 aliphatic rings. The summed E-state index contributed by atoms with van der Waals surface area (Å²) in [6.45, 7) is 9.78. The Kier molecular flexibility index (Phi) is 9.58. The van der Waals surface area contributed by atoms with Crippen LogP contribution in [0.15, 0.2) is 71.3 Å². The largest absolute Gasteiger partial charge is 0.345 e. The average Bonchev–Trinajstić information content (AvgIpc) is 3.24. The molecule has 0 unspecified atom stereocenters. The predicted octanol–water partition coefficient (Wildman–Crippen LogP) is 6.49. The van der Waals surface area contributed by atoms with Gasteiger partial charge in [0.1, 0.15) is 6.54 Å². The number of halogens is 2. The molecule has 0 saturated heterocycles. The van der Waals surface area contributed by atoms with Crippen molar-refractivity contribution in [2.45, 2.75) is 46.8 Å². The van der Waals surface area contributed by atoms with Gasteiger partial charge >= 0.3 is 0 Å². The lowest BCUT2D eigenvalue weighted by Crippen LogP contribution is -2.46. The van der Waals surface area contributed by atoms with Crippen LogP contribution in [0.5, 0.6) is 0 Å². The first-order valence-corrected chi connectivity index (χ1v) is 13.0. The number of benzene rings is 2. The lowest BCUT2D eigenvalue weighted by Gasteiger charge is -2.31. The van der Waals surface area contributed by atoms with E-state index in [9.17, 15) is 9.59 Å². The Morgan fingerprint density at radius 2 is 1.74 bits per heavy atom. The number of hydrogen-bond donors (Lipinski definition) is 0. The van der Waals surface area contributed by atoms with Crippen molar-refractivity contribution in [2.24, 2.45) is 5.92 Å². The third-order valence-electron chi connectivity index (χ3n) is 5.77. The molecule has 0 radical (unpaired) electrons. The molecule has 1 heterocycles. The maximum absolute atomic E-state index is 13.5. The second-order valence-corrected chi connectivity index (χ2v) is 10.7. The number of amides is 2. The molecule has 0 atom stereocenters. The van der Waals surface area contributed by atoms with Crippen molar-refractivity contribution in [3.8, 4) is 0 Å². The van der Waals surface area contributed by atoms with E-state index in [0.29, 0.717) is 31.1 Å². The molecular weight excluding hydrogens is 526 g/mol. The molecule has 5 nitrogen and oxygen atoms in total. The Morgan fingerprint density at radius 1 is 1.00 bits per heavy atom. The molecule has 0 saturated carbocycles. The Hall–Kier alpha value is -2.57. The first-order valence-electron chi connectivity index (χ1n) is 11.9. The monoisotopic (exact) mass is 557 g/mol. The summed E-state index contributed by atoms with van der Waals surface area (Å²) < 4.78 is 2.95. The van der Waals surface area contributed by atoms with Crippen LogP contribution in [0.1, 0.15) is 49.3 Å². The summed E-state index contributed by atoms with van der Waals surface area (Å²) in [6.07, 6.45) is 2.01. The molecular formula is C28H33BrClN3O2. The van der Waals surface area contributed by atoms with Gasteiger partial charge in [-0.1, -0.05) is 65.6 Å². The minimum atomic E-state index is -0.152. The predicted molar refractivity (Wildman–Crippen MR) is 146 cm³/mol. The molecule has 0 N–H and O–H groups in total. The van der Waals surface area contributed by atoms with E-state index in [1.807, 2.05) is 73.5 Å². The fourth-order valence-corrected chi connectivity index (χ4v) is 4.56. The molecule has 0 aliphatic carbocycles. The van der Waals surface area contributed by atoms with E-state index in [-0.39, 0.29) is 24.4 Å². The molecule has 0 fully saturated rings. The lowest BCUT2D eigenvalue weighted by molar-refractivity contribution is -0.133. The van der Waals surface area contributed by atoms with Crippen LogP contribution < -0.4 is 0 Å². The van der Waals surface area contributed by atoms with Crippen LogP contribution in [0.25, 0.3) is 0 Å². The second kappa shape index (κ2) is 12.4. The summed E-state index contributed by atoms with van der Waals surface area (Å²) in [6, 6.07) is 19.0. The van der Waals surface area contributed by atoms with Crippen molar-refractivity contribution >= 4 is 39.3 Å². The molecule has 0 bridgehead atoms. The Bertz CT molecular complexity index is 1160. The van der Waals surface area contributed by atoms with E-state index in [2.05, 4.69) is 34.3 Å². The summed E-state index contributed by atoms with van der Waals surface area (Å²) >= 11 is 9.81. The number of nitrogens with zero attached hydrogens (tertiary/aromatic N) is 3. The highest BCUT2D eigenvalue weighted by Crippen LogP contribution is 2.19. The van der Waals surface area contributed by atoms with Crippen LogP contribution in [0.3, 0.4) is 0 Å². The number of aromatic nitrogens is 1. The average molecular weight is 559 g/mol. The summed E-state index contributed by atoms with van der Waals surface area (Å²) in [4.78, 5) is 30.3. The third kappa shape index (κ3) is 7.45. The SMILES string of the molecule is CC(C)CN(Cc1cccn1Cc1ccccc1Cl)C(=O)CN(C(=O)c1cccc(Br)c1)C(C)C. The van der Waals surface area contributed by atoms with Gasteiger partial charge in [-0.25, -0.2) is 0 Å².